The minimum absolute atomic E-state index is 0.00930. The zero-order chi connectivity index (χ0) is 98.0. The van der Waals surface area contributed by atoms with Gasteiger partial charge in [0, 0.05) is 36.1 Å². The van der Waals surface area contributed by atoms with Crippen molar-refractivity contribution in [1.82, 2.24) is 0 Å². The highest BCUT2D eigenvalue weighted by molar-refractivity contribution is 6.01. The highest BCUT2D eigenvalue weighted by Gasteiger charge is 2.16. The summed E-state index contributed by atoms with van der Waals surface area (Å²) in [5.41, 5.74) is 10.00. The first-order chi connectivity index (χ1) is 65.4. The van der Waals surface area contributed by atoms with Crippen molar-refractivity contribution < 1.29 is 114 Å². The SMILES string of the molecule is C=C(C)C(=O)COc1ccc(/C=C/OC(=O)c2ccc3cc(OCOC(=O)C(=C)C)ccc3c2)cc1.C=C(C)C(=O)Cc1ccc(/C=C/OC(=O)c2ccc3cc(COC(=O)C(=C)C)ccc3c2)cc1.C=CC(=O)COc1ccc(/C=C/OC(=O)c2ccc3cc(OCOC(=O)C=C)ccc3c2)cc1.C=CC(=O)Cc1ccc(/C=C/OC(=O)c2ccc3cc(COC(=O)C=C)ccc3c2)cc1. The van der Waals surface area contributed by atoms with E-state index < -0.39 is 47.8 Å². The summed E-state index contributed by atoms with van der Waals surface area (Å²) in [6, 6.07) is 71.3. The molecule has 12 aromatic rings. The predicted octanol–water partition coefficient (Wildman–Crippen LogP) is 21.7. The summed E-state index contributed by atoms with van der Waals surface area (Å²) in [6.07, 6.45) is 17.3. The smallest absolute Gasteiger partial charge is 0.342 e. The Morgan fingerprint density at radius 2 is 0.566 bits per heavy atom. The van der Waals surface area contributed by atoms with E-state index in [9.17, 15) is 57.5 Å². The third-order valence-corrected chi connectivity index (χ3v) is 19.4. The second kappa shape index (κ2) is 52.1. The minimum Gasteiger partial charge on any atom is -0.485 e. The van der Waals surface area contributed by atoms with E-state index in [0.717, 1.165) is 99.7 Å². The number of ketones is 4. The number of rotatable bonds is 40. The fraction of sp³-hybridized carbons (Fsp3) is 0.107. The van der Waals surface area contributed by atoms with Crippen LogP contribution in [0.25, 0.3) is 67.4 Å². The Hall–Kier alpha value is -17.8. The summed E-state index contributed by atoms with van der Waals surface area (Å²) in [5.74, 6) is -2.19. The van der Waals surface area contributed by atoms with Gasteiger partial charge < -0.3 is 56.8 Å². The molecule has 0 spiro atoms. The van der Waals surface area contributed by atoms with Gasteiger partial charge in [0.05, 0.1) is 47.3 Å². The molecule has 0 aliphatic heterocycles. The molecule has 0 aliphatic rings. The first-order valence-corrected chi connectivity index (χ1v) is 41.9. The van der Waals surface area contributed by atoms with Crippen molar-refractivity contribution >= 4 is 138 Å². The van der Waals surface area contributed by atoms with Crippen molar-refractivity contribution in [1.29, 1.82) is 0 Å². The number of Topliss-reactive ketones (excluding diaryl/α,β-unsaturated/α-hetero) is 2. The van der Waals surface area contributed by atoms with E-state index in [4.69, 9.17) is 56.8 Å². The number of esters is 8. The van der Waals surface area contributed by atoms with Gasteiger partial charge in [0.15, 0.2) is 36.3 Å². The largest absolute Gasteiger partial charge is 0.485 e. The lowest BCUT2D eigenvalue weighted by atomic mass is 10.0. The van der Waals surface area contributed by atoms with Crippen molar-refractivity contribution in [3.8, 4) is 23.0 Å². The van der Waals surface area contributed by atoms with Crippen LogP contribution in [0.1, 0.15) is 114 Å². The third-order valence-electron chi connectivity index (χ3n) is 19.4. The van der Waals surface area contributed by atoms with Crippen LogP contribution in [0.2, 0.25) is 0 Å². The summed E-state index contributed by atoms with van der Waals surface area (Å²) in [6.45, 7) is 34.1. The summed E-state index contributed by atoms with van der Waals surface area (Å²) in [7, 11) is 0. The summed E-state index contributed by atoms with van der Waals surface area (Å²) < 4.78 is 62.5. The lowest BCUT2D eigenvalue weighted by Gasteiger charge is -2.08. The van der Waals surface area contributed by atoms with E-state index in [2.05, 4.69) is 52.6 Å². The van der Waals surface area contributed by atoms with Crippen LogP contribution in [0.3, 0.4) is 0 Å². The fourth-order valence-corrected chi connectivity index (χ4v) is 11.8. The zero-order valence-corrected chi connectivity index (χ0v) is 75.1. The van der Waals surface area contributed by atoms with E-state index in [1.807, 2.05) is 97.1 Å². The molecule has 0 heterocycles. The van der Waals surface area contributed by atoms with Crippen LogP contribution < -0.4 is 18.9 Å². The lowest BCUT2D eigenvalue weighted by Crippen LogP contribution is -2.11. The van der Waals surface area contributed by atoms with Crippen molar-refractivity contribution in [2.75, 3.05) is 26.8 Å². The maximum atomic E-state index is 12.5. The van der Waals surface area contributed by atoms with Gasteiger partial charge in [-0.05, 0) is 272 Å². The Balaban J connectivity index is 0.000000203. The normalized spacial score (nSPS) is 10.6. The number of hydrogen-bond acceptors (Lipinski definition) is 24. The first-order valence-electron chi connectivity index (χ1n) is 41.9. The van der Waals surface area contributed by atoms with Crippen LogP contribution in [-0.2, 0) is 102 Å². The van der Waals surface area contributed by atoms with Crippen LogP contribution in [0, 0.1) is 0 Å². The first kappa shape index (κ1) is 102. The summed E-state index contributed by atoms with van der Waals surface area (Å²) in [5, 5.41) is 6.90. The van der Waals surface area contributed by atoms with Crippen molar-refractivity contribution in [3.63, 3.8) is 0 Å². The Labute approximate surface area is 785 Å². The molecule has 0 unspecified atom stereocenters. The van der Waals surface area contributed by atoms with Crippen LogP contribution in [-0.4, -0.2) is 97.7 Å². The fourth-order valence-electron chi connectivity index (χ4n) is 11.8. The van der Waals surface area contributed by atoms with Crippen LogP contribution in [0.15, 0.2) is 367 Å². The Bertz CT molecular complexity index is 6680. The van der Waals surface area contributed by atoms with Crippen molar-refractivity contribution in [2.24, 2.45) is 0 Å². The van der Waals surface area contributed by atoms with E-state index >= 15 is 0 Å². The molecule has 24 heteroatoms. The average Bonchev–Trinajstić information content (AvgIpc) is 0.829. The number of allylic oxidation sites excluding steroid dienone is 2. The van der Waals surface area contributed by atoms with Crippen molar-refractivity contribution in [2.45, 2.75) is 53.8 Å². The zero-order valence-electron chi connectivity index (χ0n) is 75.1. The number of benzene rings is 12. The number of carbonyl (C=O) groups excluding carboxylic acids is 12. The van der Waals surface area contributed by atoms with E-state index in [1.54, 1.807) is 198 Å². The van der Waals surface area contributed by atoms with Crippen LogP contribution in [0.5, 0.6) is 23.0 Å². The topological polar surface area (TPSA) is 316 Å². The molecule has 24 nitrogen and oxygen atoms in total. The molecule has 136 heavy (non-hydrogen) atoms. The molecule has 0 saturated carbocycles. The average molecular weight is 1830 g/mol. The van der Waals surface area contributed by atoms with Gasteiger partial charge in [-0.1, -0.05) is 186 Å². The van der Waals surface area contributed by atoms with Gasteiger partial charge in [-0.25, -0.2) is 38.4 Å². The van der Waals surface area contributed by atoms with Gasteiger partial charge in [0.2, 0.25) is 13.6 Å². The van der Waals surface area contributed by atoms with Crippen LogP contribution >= 0.6 is 0 Å². The molecule has 0 N–H and O–H groups in total. The molecule has 0 saturated heterocycles. The molecule has 688 valence electrons. The van der Waals surface area contributed by atoms with Gasteiger partial charge in [-0.15, -0.1) is 0 Å². The van der Waals surface area contributed by atoms with Gasteiger partial charge in [-0.3, -0.25) is 19.2 Å². The Kier molecular flexibility index (Phi) is 39.1. The van der Waals surface area contributed by atoms with Gasteiger partial charge in [0.1, 0.15) is 36.2 Å². The monoisotopic (exact) mass is 1820 g/mol. The molecule has 0 aromatic heterocycles. The quantitative estimate of drug-likeness (QED) is 0.0113. The maximum absolute atomic E-state index is 12.5. The summed E-state index contributed by atoms with van der Waals surface area (Å²) >= 11 is 0. The molecule has 0 fully saturated rings. The maximum Gasteiger partial charge on any atom is 0.342 e. The van der Waals surface area contributed by atoms with Gasteiger partial charge in [0.25, 0.3) is 0 Å². The highest BCUT2D eigenvalue weighted by Crippen LogP contribution is 2.28. The molecule has 0 radical (unpaired) electrons. The Morgan fingerprint density at radius 1 is 0.265 bits per heavy atom. The number of ether oxygens (including phenoxy) is 12. The summed E-state index contributed by atoms with van der Waals surface area (Å²) in [4.78, 5) is 141. The molecule has 0 amide bonds. The highest BCUT2D eigenvalue weighted by atomic mass is 16.7. The van der Waals surface area contributed by atoms with Crippen molar-refractivity contribution in [3.05, 3.63) is 434 Å². The van der Waals surface area contributed by atoms with E-state index in [0.29, 0.717) is 80.4 Å². The third kappa shape index (κ3) is 33.6. The van der Waals surface area contributed by atoms with Crippen LogP contribution in [0.4, 0.5) is 0 Å². The standard InChI is InChI=1S/C29H26O7.C29H26O5.C27H22O7.C27H22O5/c1-19(2)27(30)17-34-25-10-5-21(6-11-25)13-14-33-29(32)24-8-7-23-16-26(12-9-22(23)15-24)35-18-36-28(31)20(3)4;1-19(2)27(30)16-22-7-5-21(6-8-22)13-14-33-29(32)26-12-11-24-15-23(9-10-25(24)17-26)18-34-28(31)20(3)4;1-3-23(28)17-32-24-10-5-19(6-11-24)13-14-31-27(30)22-8-7-21-16-25(12-9-20(21)15-22)33-18-34-26(29)4-2;1-3-25(28)16-20-7-5-19(6-8-20)13-14-31-27(30)24-12-11-22-15-21(9-10-23(22)17-24)18-32-26(29)4-2/h5-16H,1,3,17-18H2,2,4H3;5-15,17H,1,3,16,18H2,2,4H3;3-16H,1-2,17-18H2;3-15,17H,1-2,16,18H2/b4*14-13+. The molecule has 0 atom stereocenters. The molecule has 12 rings (SSSR count). The van der Waals surface area contributed by atoms with E-state index in [1.165, 1.54) is 37.2 Å². The minimum atomic E-state index is -0.569. The molecular formula is C112H96O24. The van der Waals surface area contributed by atoms with E-state index in [-0.39, 0.29) is 63.1 Å². The lowest BCUT2D eigenvalue weighted by molar-refractivity contribution is -0.145. The molecule has 0 aliphatic carbocycles. The number of fused-ring (bicyclic) bond motifs is 4. The Morgan fingerprint density at radius 3 is 0.934 bits per heavy atom. The molecular weight excluding hydrogens is 1730 g/mol. The van der Waals surface area contributed by atoms with Gasteiger partial charge >= 0.3 is 47.8 Å². The predicted molar refractivity (Wildman–Crippen MR) is 521 cm³/mol. The molecule has 12 aromatic carbocycles. The van der Waals surface area contributed by atoms with Gasteiger partial charge in [-0.2, -0.15) is 0 Å². The second-order valence-electron chi connectivity index (χ2n) is 29.9. The number of hydrogen-bond donors (Lipinski definition) is 0. The number of carbonyl (C=O) groups is 12. The molecule has 0 bridgehead atoms. The second-order valence-corrected chi connectivity index (χ2v) is 29.9.